The molecule has 0 aliphatic heterocycles. The number of aromatic nitrogens is 2. The topological polar surface area (TPSA) is 69.9 Å². The Morgan fingerprint density at radius 2 is 1.96 bits per heavy atom. The van der Waals surface area contributed by atoms with Crippen molar-refractivity contribution >= 4 is 17.6 Å². The van der Waals surface area contributed by atoms with Crippen LogP contribution in [0.15, 0.2) is 24.4 Å². The zero-order valence-corrected chi connectivity index (χ0v) is 18.2. The predicted octanol–water partition coefficient (Wildman–Crippen LogP) is 4.02. The molecule has 2 N–H and O–H groups in total. The molecule has 2 heterocycles. The Balaban J connectivity index is 2.48. The van der Waals surface area contributed by atoms with E-state index in [1.807, 2.05) is 18.3 Å². The molecule has 0 aromatic carbocycles. The maximum absolute atomic E-state index is 11.2. The molecule has 0 radical (unpaired) electrons. The zero-order valence-electron chi connectivity index (χ0n) is 18.2. The molecule has 0 saturated heterocycles. The first-order valence-corrected chi connectivity index (χ1v) is 9.80. The summed E-state index contributed by atoms with van der Waals surface area (Å²) in [4.78, 5) is 18.6. The second-order valence-corrected chi connectivity index (χ2v) is 9.52. The average molecular weight is 387 g/mol. The van der Waals surface area contributed by atoms with E-state index in [2.05, 4.69) is 57.8 Å². The molecule has 6 nitrogen and oxygen atoms in total. The maximum Gasteiger partial charge on any atom is 0.267 e. The fourth-order valence-electron chi connectivity index (χ4n) is 3.34. The first kappa shape index (κ1) is 22.1. The highest BCUT2D eigenvalue weighted by Crippen LogP contribution is 2.28. The van der Waals surface area contributed by atoms with Crippen molar-refractivity contribution in [1.29, 1.82) is 0 Å². The van der Waals surface area contributed by atoms with E-state index in [9.17, 15) is 4.79 Å². The summed E-state index contributed by atoms with van der Waals surface area (Å²) in [5, 5.41) is 8.63. The molecular formula is C22H34N4O2. The van der Waals surface area contributed by atoms with E-state index < -0.39 is 5.91 Å². The quantitative estimate of drug-likeness (QED) is 0.447. The monoisotopic (exact) mass is 386 g/mol. The van der Waals surface area contributed by atoms with Gasteiger partial charge in [-0.3, -0.25) is 14.9 Å². The highest BCUT2D eigenvalue weighted by Gasteiger charge is 2.26. The predicted molar refractivity (Wildman–Crippen MR) is 113 cm³/mol. The van der Waals surface area contributed by atoms with Crippen LogP contribution in [0.1, 0.15) is 65.4 Å². The lowest BCUT2D eigenvalue weighted by atomic mass is 9.90. The second-order valence-electron chi connectivity index (χ2n) is 9.52. The van der Waals surface area contributed by atoms with Gasteiger partial charge in [0.2, 0.25) is 0 Å². The Kier molecular flexibility index (Phi) is 6.67. The van der Waals surface area contributed by atoms with Gasteiger partial charge in [0.15, 0.2) is 0 Å². The number of hydroxylamine groups is 1. The molecule has 0 saturated carbocycles. The Morgan fingerprint density at radius 3 is 2.50 bits per heavy atom. The van der Waals surface area contributed by atoms with E-state index in [1.54, 1.807) is 11.6 Å². The van der Waals surface area contributed by atoms with Crippen molar-refractivity contribution in [2.24, 2.45) is 5.41 Å². The Labute approximate surface area is 168 Å². The molecule has 0 spiro atoms. The molecular weight excluding hydrogens is 352 g/mol. The molecule has 0 bridgehead atoms. The molecule has 0 atom stereocenters. The average Bonchev–Trinajstić information content (AvgIpc) is 2.96. The van der Waals surface area contributed by atoms with E-state index in [1.165, 1.54) is 11.8 Å². The number of fused-ring (bicyclic) bond motifs is 1. The van der Waals surface area contributed by atoms with Gasteiger partial charge in [-0.05, 0) is 35.7 Å². The van der Waals surface area contributed by atoms with E-state index in [0.717, 1.165) is 36.5 Å². The number of hydrogen-bond donors (Lipinski definition) is 2. The zero-order chi connectivity index (χ0) is 21.1. The summed E-state index contributed by atoms with van der Waals surface area (Å²) in [7, 11) is 0. The summed E-state index contributed by atoms with van der Waals surface area (Å²) >= 11 is 0. The highest BCUT2D eigenvalue weighted by molar-refractivity contribution is 5.90. The van der Waals surface area contributed by atoms with E-state index in [4.69, 9.17) is 10.2 Å². The van der Waals surface area contributed by atoms with Gasteiger partial charge in [0, 0.05) is 30.8 Å². The fraction of sp³-hybridized carbons (Fsp3) is 0.545. The molecule has 28 heavy (non-hydrogen) atoms. The summed E-state index contributed by atoms with van der Waals surface area (Å²) in [6, 6.07) is 3.91. The van der Waals surface area contributed by atoms with E-state index in [-0.39, 0.29) is 10.8 Å². The lowest BCUT2D eigenvalue weighted by molar-refractivity contribution is -0.124. The van der Waals surface area contributed by atoms with Crippen molar-refractivity contribution in [3.05, 3.63) is 41.4 Å². The van der Waals surface area contributed by atoms with Gasteiger partial charge >= 0.3 is 0 Å². The van der Waals surface area contributed by atoms with E-state index in [0.29, 0.717) is 0 Å². The fourth-order valence-corrected chi connectivity index (χ4v) is 3.34. The Bertz CT molecular complexity index is 854. The van der Waals surface area contributed by atoms with Gasteiger partial charge < -0.3 is 4.40 Å². The number of hydrogen-bond acceptors (Lipinski definition) is 4. The van der Waals surface area contributed by atoms with Crippen LogP contribution >= 0.6 is 0 Å². The molecule has 0 fully saturated rings. The van der Waals surface area contributed by atoms with Crippen molar-refractivity contribution in [1.82, 2.24) is 19.8 Å². The number of carbonyl (C=O) groups excluding carboxylic acids is 1. The number of nitrogens with one attached hydrogen (secondary N) is 1. The third-order valence-corrected chi connectivity index (χ3v) is 4.52. The summed E-state index contributed by atoms with van der Waals surface area (Å²) < 4.78 is 2.15. The van der Waals surface area contributed by atoms with Crippen LogP contribution in [0.3, 0.4) is 0 Å². The number of carbonyl (C=O) groups is 1. The van der Waals surface area contributed by atoms with Crippen LogP contribution in [-0.2, 0) is 16.8 Å². The number of nitrogens with zero attached hydrogens (tertiary/aromatic N) is 3. The number of amides is 1. The SMILES string of the molecule is CCN(Cc1c(C(C)(C)C)nc2cc(/C=C/C(=O)NO)ccn12)CC(C)(C)C. The normalized spacial score (nSPS) is 13.0. The van der Waals surface area contributed by atoms with Gasteiger partial charge in [0.1, 0.15) is 5.65 Å². The lowest BCUT2D eigenvalue weighted by Crippen LogP contribution is -2.33. The summed E-state index contributed by atoms with van der Waals surface area (Å²) in [6.07, 6.45) is 4.96. The summed E-state index contributed by atoms with van der Waals surface area (Å²) in [6.45, 7) is 18.4. The van der Waals surface area contributed by atoms with Crippen molar-refractivity contribution in [3.63, 3.8) is 0 Å². The van der Waals surface area contributed by atoms with Gasteiger partial charge in [-0.15, -0.1) is 0 Å². The lowest BCUT2D eigenvalue weighted by Gasteiger charge is -2.30. The second kappa shape index (κ2) is 8.45. The number of pyridine rings is 1. The largest absolute Gasteiger partial charge is 0.302 e. The van der Waals surface area contributed by atoms with Gasteiger partial charge in [0.25, 0.3) is 5.91 Å². The number of imidazole rings is 1. The first-order valence-electron chi connectivity index (χ1n) is 9.80. The molecule has 1 amide bonds. The standard InChI is InChI=1S/C22H34N4O2/c1-8-25(15-21(2,3)4)14-17-20(22(5,6)7)23-18-13-16(11-12-26(17)18)9-10-19(27)24-28/h9-13,28H,8,14-15H2,1-7H3,(H,24,27)/b10-9+. The van der Waals surface area contributed by atoms with Crippen molar-refractivity contribution in [2.45, 2.75) is 60.4 Å². The molecule has 2 aromatic heterocycles. The highest BCUT2D eigenvalue weighted by atomic mass is 16.5. The molecule has 2 rings (SSSR count). The minimum atomic E-state index is -0.556. The summed E-state index contributed by atoms with van der Waals surface area (Å²) in [5.41, 5.74) is 5.77. The van der Waals surface area contributed by atoms with Crippen LogP contribution in [0, 0.1) is 5.41 Å². The van der Waals surface area contributed by atoms with Gasteiger partial charge in [0.05, 0.1) is 11.4 Å². The van der Waals surface area contributed by atoms with Crippen molar-refractivity contribution in [2.75, 3.05) is 13.1 Å². The minimum absolute atomic E-state index is 0.0741. The van der Waals surface area contributed by atoms with Gasteiger partial charge in [-0.2, -0.15) is 0 Å². The summed E-state index contributed by atoms with van der Waals surface area (Å²) in [5.74, 6) is -0.556. The smallest absolute Gasteiger partial charge is 0.267 e. The molecule has 154 valence electrons. The van der Waals surface area contributed by atoms with Crippen LogP contribution in [0.25, 0.3) is 11.7 Å². The van der Waals surface area contributed by atoms with Gasteiger partial charge in [-0.1, -0.05) is 48.5 Å². The molecule has 0 aliphatic carbocycles. The van der Waals surface area contributed by atoms with Crippen molar-refractivity contribution < 1.29 is 10.0 Å². The molecule has 0 unspecified atom stereocenters. The third kappa shape index (κ3) is 5.66. The van der Waals surface area contributed by atoms with Crippen molar-refractivity contribution in [3.8, 4) is 0 Å². The molecule has 0 aliphatic rings. The van der Waals surface area contributed by atoms with Crippen LogP contribution in [0.5, 0.6) is 0 Å². The molecule has 6 heteroatoms. The van der Waals surface area contributed by atoms with Crippen LogP contribution < -0.4 is 5.48 Å². The Morgan fingerprint density at radius 1 is 1.29 bits per heavy atom. The molecule has 2 aromatic rings. The van der Waals surface area contributed by atoms with Crippen LogP contribution in [0.2, 0.25) is 0 Å². The number of rotatable bonds is 6. The van der Waals surface area contributed by atoms with Gasteiger partial charge in [-0.25, -0.2) is 10.5 Å². The van der Waals surface area contributed by atoms with E-state index >= 15 is 0 Å². The Hall–Kier alpha value is -2.18. The van der Waals surface area contributed by atoms with Crippen LogP contribution in [0.4, 0.5) is 0 Å². The van der Waals surface area contributed by atoms with Crippen LogP contribution in [-0.4, -0.2) is 38.5 Å². The maximum atomic E-state index is 11.2. The third-order valence-electron chi connectivity index (χ3n) is 4.52. The first-order chi connectivity index (χ1) is 12.9. The minimum Gasteiger partial charge on any atom is -0.302 e.